The van der Waals surface area contributed by atoms with Gasteiger partial charge in [-0.3, -0.25) is 4.98 Å². The molecule has 3 nitrogen and oxygen atoms in total. The van der Waals surface area contributed by atoms with Crippen LogP contribution in [0.15, 0.2) is 42.6 Å². The van der Waals surface area contributed by atoms with Crippen LogP contribution in [-0.4, -0.2) is 11.5 Å². The summed E-state index contributed by atoms with van der Waals surface area (Å²) in [6, 6.07) is 11.2. The number of hydrogen-bond donors (Lipinski definition) is 1. The molecule has 1 aromatic heterocycles. The normalized spacial score (nSPS) is 10.4. The van der Waals surface area contributed by atoms with Crippen molar-refractivity contribution in [2.45, 2.75) is 19.9 Å². The molecule has 0 radical (unpaired) electrons. The highest BCUT2D eigenvalue weighted by atomic mass is 35.5. The molecule has 2 aromatic rings. The molecule has 2 rings (SSSR count). The van der Waals surface area contributed by atoms with Gasteiger partial charge in [0.25, 0.3) is 0 Å². The zero-order valence-electron chi connectivity index (χ0n) is 10.9. The summed E-state index contributed by atoms with van der Waals surface area (Å²) in [6.07, 6.45) is 2.85. The minimum Gasteiger partial charge on any atom is -0.456 e. The molecular formula is C15H17ClN2O. The van der Waals surface area contributed by atoms with Crippen LogP contribution in [0.2, 0.25) is 5.02 Å². The number of nitrogens with zero attached hydrogens (tertiary/aromatic N) is 1. The van der Waals surface area contributed by atoms with E-state index in [9.17, 15) is 0 Å². The highest BCUT2D eigenvalue weighted by molar-refractivity contribution is 6.32. The van der Waals surface area contributed by atoms with Gasteiger partial charge in [0.2, 0.25) is 0 Å². The van der Waals surface area contributed by atoms with Gasteiger partial charge in [-0.25, -0.2) is 0 Å². The number of halogens is 1. The molecule has 1 N–H and O–H groups in total. The van der Waals surface area contributed by atoms with Crippen LogP contribution < -0.4 is 10.1 Å². The SMILES string of the molecule is CCCNCc1cc(Oc2ccccc2Cl)ccn1. The maximum atomic E-state index is 6.06. The molecule has 0 bridgehead atoms. The van der Waals surface area contributed by atoms with E-state index in [1.54, 1.807) is 6.20 Å². The molecule has 1 heterocycles. The highest BCUT2D eigenvalue weighted by Gasteiger charge is 2.03. The molecule has 0 atom stereocenters. The number of benzene rings is 1. The summed E-state index contributed by atoms with van der Waals surface area (Å²) >= 11 is 6.06. The van der Waals surface area contributed by atoms with E-state index < -0.39 is 0 Å². The van der Waals surface area contributed by atoms with E-state index in [0.717, 1.165) is 31.0 Å². The first kappa shape index (κ1) is 13.8. The zero-order valence-corrected chi connectivity index (χ0v) is 11.7. The molecule has 1 aromatic carbocycles. The van der Waals surface area contributed by atoms with Crippen molar-refractivity contribution in [3.8, 4) is 11.5 Å². The third-order valence-electron chi connectivity index (χ3n) is 2.59. The quantitative estimate of drug-likeness (QED) is 0.809. The van der Waals surface area contributed by atoms with E-state index in [0.29, 0.717) is 10.8 Å². The number of aromatic nitrogens is 1. The van der Waals surface area contributed by atoms with Crippen molar-refractivity contribution >= 4 is 11.6 Å². The van der Waals surface area contributed by atoms with Crippen molar-refractivity contribution in [2.75, 3.05) is 6.54 Å². The van der Waals surface area contributed by atoms with Crippen LogP contribution in [0.25, 0.3) is 0 Å². The summed E-state index contributed by atoms with van der Waals surface area (Å²) in [6.45, 7) is 3.86. The molecule has 0 saturated heterocycles. The van der Waals surface area contributed by atoms with Crippen molar-refractivity contribution in [1.29, 1.82) is 0 Å². The molecule has 100 valence electrons. The van der Waals surface area contributed by atoms with E-state index in [2.05, 4.69) is 17.2 Å². The molecule has 0 fully saturated rings. The van der Waals surface area contributed by atoms with Gasteiger partial charge >= 0.3 is 0 Å². The standard InChI is InChI=1S/C15H17ClN2O/c1-2-8-17-11-12-10-13(7-9-18-12)19-15-6-4-3-5-14(15)16/h3-7,9-10,17H,2,8,11H2,1H3. The Labute approximate surface area is 118 Å². The number of para-hydroxylation sites is 1. The Morgan fingerprint density at radius 2 is 2.11 bits per heavy atom. The Morgan fingerprint density at radius 3 is 2.89 bits per heavy atom. The number of pyridine rings is 1. The van der Waals surface area contributed by atoms with Crippen molar-refractivity contribution in [2.24, 2.45) is 0 Å². The fraction of sp³-hybridized carbons (Fsp3) is 0.267. The van der Waals surface area contributed by atoms with Gasteiger partial charge in [0, 0.05) is 18.8 Å². The van der Waals surface area contributed by atoms with Gasteiger partial charge in [-0.15, -0.1) is 0 Å². The molecule has 0 amide bonds. The molecule has 0 unspecified atom stereocenters. The molecule has 19 heavy (non-hydrogen) atoms. The smallest absolute Gasteiger partial charge is 0.146 e. The molecule has 0 spiro atoms. The Balaban J connectivity index is 2.05. The van der Waals surface area contributed by atoms with Crippen LogP contribution >= 0.6 is 11.6 Å². The Kier molecular flexibility index (Phi) is 5.19. The number of nitrogens with one attached hydrogen (secondary N) is 1. The van der Waals surface area contributed by atoms with Gasteiger partial charge in [-0.05, 0) is 31.2 Å². The van der Waals surface area contributed by atoms with Gasteiger partial charge in [0.15, 0.2) is 0 Å². The van der Waals surface area contributed by atoms with E-state index in [-0.39, 0.29) is 0 Å². The van der Waals surface area contributed by atoms with Crippen LogP contribution in [0.1, 0.15) is 19.0 Å². The second-order valence-electron chi connectivity index (χ2n) is 4.19. The minimum absolute atomic E-state index is 0.602. The lowest BCUT2D eigenvalue weighted by atomic mass is 10.3. The fourth-order valence-electron chi connectivity index (χ4n) is 1.66. The first-order valence-electron chi connectivity index (χ1n) is 6.37. The highest BCUT2D eigenvalue weighted by Crippen LogP contribution is 2.28. The molecule has 0 saturated carbocycles. The number of hydrogen-bond acceptors (Lipinski definition) is 3. The lowest BCUT2D eigenvalue weighted by Gasteiger charge is -2.08. The fourth-order valence-corrected chi connectivity index (χ4v) is 1.84. The second-order valence-corrected chi connectivity index (χ2v) is 4.60. The molecule has 4 heteroatoms. The van der Waals surface area contributed by atoms with Gasteiger partial charge < -0.3 is 10.1 Å². The van der Waals surface area contributed by atoms with Gasteiger partial charge in [-0.2, -0.15) is 0 Å². The van der Waals surface area contributed by atoms with Crippen LogP contribution in [0, 0.1) is 0 Å². The van der Waals surface area contributed by atoms with Crippen molar-refractivity contribution in [3.63, 3.8) is 0 Å². The Morgan fingerprint density at radius 1 is 1.26 bits per heavy atom. The van der Waals surface area contributed by atoms with Gasteiger partial charge in [-0.1, -0.05) is 30.7 Å². The molecule has 0 aliphatic rings. The Bertz CT molecular complexity index is 531. The average molecular weight is 277 g/mol. The number of ether oxygens (including phenoxy) is 1. The predicted molar refractivity (Wildman–Crippen MR) is 77.8 cm³/mol. The van der Waals surface area contributed by atoms with E-state index >= 15 is 0 Å². The predicted octanol–water partition coefficient (Wildman–Crippen LogP) is 4.03. The largest absolute Gasteiger partial charge is 0.456 e. The lowest BCUT2D eigenvalue weighted by molar-refractivity contribution is 0.480. The van der Waals surface area contributed by atoms with Crippen LogP contribution in [0.5, 0.6) is 11.5 Å². The maximum absolute atomic E-state index is 6.06. The third-order valence-corrected chi connectivity index (χ3v) is 2.90. The summed E-state index contributed by atoms with van der Waals surface area (Å²) in [5, 5.41) is 3.91. The van der Waals surface area contributed by atoms with Crippen molar-refractivity contribution < 1.29 is 4.74 Å². The number of rotatable bonds is 6. The third kappa shape index (κ3) is 4.23. The minimum atomic E-state index is 0.602. The summed E-state index contributed by atoms with van der Waals surface area (Å²) in [5.41, 5.74) is 0.956. The first-order chi connectivity index (χ1) is 9.29. The summed E-state index contributed by atoms with van der Waals surface area (Å²) in [5.74, 6) is 1.40. The van der Waals surface area contributed by atoms with Gasteiger partial charge in [0.1, 0.15) is 11.5 Å². The molecule has 0 aliphatic carbocycles. The summed E-state index contributed by atoms with van der Waals surface area (Å²) < 4.78 is 5.76. The van der Waals surface area contributed by atoms with Crippen LogP contribution in [-0.2, 0) is 6.54 Å². The summed E-state index contributed by atoms with van der Waals surface area (Å²) in [4.78, 5) is 4.30. The van der Waals surface area contributed by atoms with E-state index in [4.69, 9.17) is 16.3 Å². The summed E-state index contributed by atoms with van der Waals surface area (Å²) in [7, 11) is 0. The zero-order chi connectivity index (χ0) is 13.5. The first-order valence-corrected chi connectivity index (χ1v) is 6.75. The lowest BCUT2D eigenvalue weighted by Crippen LogP contribution is -2.14. The van der Waals surface area contributed by atoms with Crippen LogP contribution in [0.4, 0.5) is 0 Å². The molecular weight excluding hydrogens is 260 g/mol. The monoisotopic (exact) mass is 276 g/mol. The van der Waals surface area contributed by atoms with E-state index in [1.165, 1.54) is 0 Å². The van der Waals surface area contributed by atoms with Crippen molar-refractivity contribution in [3.05, 3.63) is 53.3 Å². The Hall–Kier alpha value is -1.58. The van der Waals surface area contributed by atoms with E-state index in [1.807, 2.05) is 36.4 Å². The second kappa shape index (κ2) is 7.12. The van der Waals surface area contributed by atoms with Crippen molar-refractivity contribution in [1.82, 2.24) is 10.3 Å². The van der Waals surface area contributed by atoms with Gasteiger partial charge in [0.05, 0.1) is 10.7 Å². The topological polar surface area (TPSA) is 34.1 Å². The maximum Gasteiger partial charge on any atom is 0.146 e. The average Bonchev–Trinajstić information content (AvgIpc) is 2.42. The van der Waals surface area contributed by atoms with Crippen LogP contribution in [0.3, 0.4) is 0 Å². The molecule has 0 aliphatic heterocycles.